The van der Waals surface area contributed by atoms with E-state index in [0.717, 1.165) is 30.4 Å². The topological polar surface area (TPSA) is 72.3 Å². The zero-order chi connectivity index (χ0) is 12.0. The van der Waals surface area contributed by atoms with Gasteiger partial charge in [-0.15, -0.1) is 0 Å². The fraction of sp³-hybridized carbons (Fsp3) is 0.385. The summed E-state index contributed by atoms with van der Waals surface area (Å²) in [5, 5.41) is 9.64. The summed E-state index contributed by atoms with van der Waals surface area (Å²) in [5.74, 6) is 0.261. The van der Waals surface area contributed by atoms with E-state index in [4.69, 9.17) is 11.5 Å². The van der Waals surface area contributed by atoms with Gasteiger partial charge in [-0.1, -0.05) is 31.5 Å². The quantitative estimate of drug-likeness (QED) is 0.666. The van der Waals surface area contributed by atoms with Crippen LogP contribution < -0.4 is 11.5 Å². The molecule has 3 nitrogen and oxygen atoms in total. The zero-order valence-corrected chi connectivity index (χ0v) is 9.69. The Labute approximate surface area is 96.8 Å². The van der Waals surface area contributed by atoms with Gasteiger partial charge in [0.25, 0.3) is 0 Å². The maximum atomic E-state index is 9.64. The van der Waals surface area contributed by atoms with Crippen LogP contribution in [0, 0.1) is 0 Å². The van der Waals surface area contributed by atoms with Crippen LogP contribution in [0.2, 0.25) is 0 Å². The molecular formula is C13H20N2O. The van der Waals surface area contributed by atoms with Crippen LogP contribution >= 0.6 is 0 Å². The molecule has 0 radical (unpaired) electrons. The van der Waals surface area contributed by atoms with Crippen molar-refractivity contribution in [3.8, 4) is 5.75 Å². The van der Waals surface area contributed by atoms with Gasteiger partial charge in [-0.3, -0.25) is 0 Å². The summed E-state index contributed by atoms with van der Waals surface area (Å²) in [5.41, 5.74) is 13.2. The van der Waals surface area contributed by atoms with Crippen molar-refractivity contribution in [1.82, 2.24) is 0 Å². The second-order valence-corrected chi connectivity index (χ2v) is 3.91. The molecule has 0 fully saturated rings. The first-order chi connectivity index (χ1) is 7.65. The van der Waals surface area contributed by atoms with Crippen molar-refractivity contribution in [2.45, 2.75) is 32.4 Å². The molecule has 0 aliphatic rings. The lowest BCUT2D eigenvalue weighted by atomic mass is 10.0. The minimum atomic E-state index is -0.453. The first-order valence-electron chi connectivity index (χ1n) is 5.64. The first kappa shape index (κ1) is 12.7. The molecule has 0 bridgehead atoms. The van der Waals surface area contributed by atoms with Gasteiger partial charge in [-0.25, -0.2) is 0 Å². The standard InChI is InChI=1S/C13H20N2O/c1-2-3-6-11(13(14)15)9-10-7-4-5-8-12(10)16/h4-5,7-9,13,16H,2-3,6,14-15H2,1H3. The minimum absolute atomic E-state index is 0.261. The summed E-state index contributed by atoms with van der Waals surface area (Å²) in [7, 11) is 0. The fourth-order valence-corrected chi connectivity index (χ4v) is 1.53. The van der Waals surface area contributed by atoms with Crippen molar-refractivity contribution in [1.29, 1.82) is 0 Å². The molecule has 0 aromatic heterocycles. The van der Waals surface area contributed by atoms with Gasteiger partial charge < -0.3 is 16.6 Å². The molecule has 1 aromatic carbocycles. The fourth-order valence-electron chi connectivity index (χ4n) is 1.53. The predicted molar refractivity (Wildman–Crippen MR) is 67.8 cm³/mol. The van der Waals surface area contributed by atoms with Crippen LogP contribution in [-0.2, 0) is 0 Å². The van der Waals surface area contributed by atoms with Crippen molar-refractivity contribution in [3.63, 3.8) is 0 Å². The van der Waals surface area contributed by atoms with Crippen LogP contribution in [0.25, 0.3) is 6.08 Å². The summed E-state index contributed by atoms with van der Waals surface area (Å²) in [4.78, 5) is 0. The van der Waals surface area contributed by atoms with Crippen LogP contribution in [0.3, 0.4) is 0 Å². The maximum Gasteiger partial charge on any atom is 0.122 e. The normalized spacial score (nSPS) is 12.1. The molecule has 0 amide bonds. The van der Waals surface area contributed by atoms with E-state index in [9.17, 15) is 5.11 Å². The molecule has 0 saturated heterocycles. The van der Waals surface area contributed by atoms with Gasteiger partial charge in [0, 0.05) is 5.56 Å². The summed E-state index contributed by atoms with van der Waals surface area (Å²) in [6.45, 7) is 2.12. The van der Waals surface area contributed by atoms with E-state index in [2.05, 4.69) is 6.92 Å². The third-order valence-corrected chi connectivity index (χ3v) is 2.52. The highest BCUT2D eigenvalue weighted by Crippen LogP contribution is 2.21. The van der Waals surface area contributed by atoms with Gasteiger partial charge in [0.15, 0.2) is 0 Å². The second-order valence-electron chi connectivity index (χ2n) is 3.91. The highest BCUT2D eigenvalue weighted by atomic mass is 16.3. The molecule has 0 spiro atoms. The molecule has 5 N–H and O–H groups in total. The highest BCUT2D eigenvalue weighted by Gasteiger charge is 2.05. The van der Waals surface area contributed by atoms with E-state index < -0.39 is 6.17 Å². The summed E-state index contributed by atoms with van der Waals surface area (Å²) >= 11 is 0. The van der Waals surface area contributed by atoms with Crippen LogP contribution in [0.1, 0.15) is 31.7 Å². The number of phenols is 1. The van der Waals surface area contributed by atoms with Gasteiger partial charge in [0.2, 0.25) is 0 Å². The number of hydrogen-bond acceptors (Lipinski definition) is 3. The maximum absolute atomic E-state index is 9.64. The molecule has 16 heavy (non-hydrogen) atoms. The van der Waals surface area contributed by atoms with E-state index in [0.29, 0.717) is 0 Å². The lowest BCUT2D eigenvalue weighted by molar-refractivity contribution is 0.474. The van der Waals surface area contributed by atoms with E-state index in [1.807, 2.05) is 18.2 Å². The Balaban J connectivity index is 2.89. The molecule has 1 rings (SSSR count). The Bertz CT molecular complexity index is 359. The average molecular weight is 220 g/mol. The Morgan fingerprint density at radius 3 is 2.62 bits per heavy atom. The number of unbranched alkanes of at least 4 members (excludes halogenated alkanes) is 1. The number of para-hydroxylation sites is 1. The van der Waals surface area contributed by atoms with Gasteiger partial charge in [0.05, 0.1) is 6.17 Å². The Morgan fingerprint density at radius 1 is 1.38 bits per heavy atom. The number of benzene rings is 1. The van der Waals surface area contributed by atoms with Crippen molar-refractivity contribution in [2.24, 2.45) is 11.5 Å². The largest absolute Gasteiger partial charge is 0.507 e. The zero-order valence-electron chi connectivity index (χ0n) is 9.69. The number of nitrogens with two attached hydrogens (primary N) is 2. The molecule has 0 aliphatic carbocycles. The molecule has 0 saturated carbocycles. The Morgan fingerprint density at radius 2 is 2.06 bits per heavy atom. The number of hydrogen-bond donors (Lipinski definition) is 3. The molecule has 0 aliphatic heterocycles. The van der Waals surface area contributed by atoms with Crippen molar-refractivity contribution in [3.05, 3.63) is 35.4 Å². The van der Waals surface area contributed by atoms with E-state index in [1.165, 1.54) is 0 Å². The highest BCUT2D eigenvalue weighted by molar-refractivity contribution is 5.59. The summed E-state index contributed by atoms with van der Waals surface area (Å²) < 4.78 is 0. The molecule has 1 aromatic rings. The van der Waals surface area contributed by atoms with Crippen molar-refractivity contribution in [2.75, 3.05) is 0 Å². The van der Waals surface area contributed by atoms with Crippen LogP contribution in [0.4, 0.5) is 0 Å². The lowest BCUT2D eigenvalue weighted by Gasteiger charge is -2.11. The third-order valence-electron chi connectivity index (χ3n) is 2.52. The number of aromatic hydroxyl groups is 1. The molecule has 88 valence electrons. The van der Waals surface area contributed by atoms with Crippen molar-refractivity contribution < 1.29 is 5.11 Å². The molecule has 3 heteroatoms. The molecule has 0 atom stereocenters. The number of rotatable bonds is 5. The SMILES string of the molecule is CCCCC(=Cc1ccccc1O)C(N)N. The molecular weight excluding hydrogens is 200 g/mol. The van der Waals surface area contributed by atoms with E-state index in [1.54, 1.807) is 12.1 Å². The lowest BCUT2D eigenvalue weighted by Crippen LogP contribution is -2.32. The van der Waals surface area contributed by atoms with Gasteiger partial charge in [-0.2, -0.15) is 0 Å². The van der Waals surface area contributed by atoms with Gasteiger partial charge in [0.1, 0.15) is 5.75 Å². The van der Waals surface area contributed by atoms with Gasteiger partial charge >= 0.3 is 0 Å². The van der Waals surface area contributed by atoms with Crippen LogP contribution in [-0.4, -0.2) is 11.3 Å². The van der Waals surface area contributed by atoms with E-state index >= 15 is 0 Å². The van der Waals surface area contributed by atoms with Crippen LogP contribution in [0.15, 0.2) is 29.8 Å². The van der Waals surface area contributed by atoms with E-state index in [-0.39, 0.29) is 5.75 Å². The Kier molecular flexibility index (Phi) is 5.02. The second kappa shape index (κ2) is 6.30. The van der Waals surface area contributed by atoms with Crippen molar-refractivity contribution >= 4 is 6.08 Å². The predicted octanol–water partition coefficient (Wildman–Crippen LogP) is 2.21. The first-order valence-corrected chi connectivity index (χ1v) is 5.64. The monoisotopic (exact) mass is 220 g/mol. The number of phenolic OH excluding ortho intramolecular Hbond substituents is 1. The van der Waals surface area contributed by atoms with Gasteiger partial charge in [-0.05, 0) is 30.6 Å². The van der Waals surface area contributed by atoms with Crippen LogP contribution in [0.5, 0.6) is 5.75 Å². The molecule has 0 heterocycles. The minimum Gasteiger partial charge on any atom is -0.507 e. The third kappa shape index (κ3) is 3.68. The summed E-state index contributed by atoms with van der Waals surface area (Å²) in [6.07, 6.45) is 4.47. The smallest absolute Gasteiger partial charge is 0.122 e. The molecule has 0 unspecified atom stereocenters. The summed E-state index contributed by atoms with van der Waals surface area (Å²) in [6, 6.07) is 7.18. The average Bonchev–Trinajstić information content (AvgIpc) is 2.26. The Hall–Kier alpha value is -1.32.